The first kappa shape index (κ1) is 12.1. The van der Waals surface area contributed by atoms with E-state index in [0.29, 0.717) is 0 Å². The van der Waals surface area contributed by atoms with E-state index in [1.807, 2.05) is 0 Å². The molecule has 0 aromatic heterocycles. The van der Waals surface area contributed by atoms with Crippen molar-refractivity contribution in [1.82, 2.24) is 0 Å². The molecule has 15 heavy (non-hydrogen) atoms. The van der Waals surface area contributed by atoms with E-state index in [0.717, 1.165) is 35.9 Å². The van der Waals surface area contributed by atoms with Crippen LogP contribution < -0.4 is 0 Å². The van der Waals surface area contributed by atoms with Crippen LogP contribution in [0.25, 0.3) is 0 Å². The Morgan fingerprint density at radius 1 is 1.27 bits per heavy atom. The van der Waals surface area contributed by atoms with E-state index in [1.165, 1.54) is 0 Å². The van der Waals surface area contributed by atoms with Crippen molar-refractivity contribution in [3.63, 3.8) is 0 Å². The number of halogens is 3. The van der Waals surface area contributed by atoms with Crippen molar-refractivity contribution < 1.29 is 21.9 Å². The molecule has 0 saturated heterocycles. The summed E-state index contributed by atoms with van der Waals surface area (Å²) in [6, 6.07) is 4.05. The first-order valence-corrected chi connectivity index (χ1v) is 5.91. The van der Waals surface area contributed by atoms with Gasteiger partial charge in [0.05, 0.1) is 15.4 Å². The fourth-order valence-corrected chi connectivity index (χ4v) is 1.67. The predicted octanol–water partition coefficient (Wildman–Crippen LogP) is 2.24. The molecule has 0 heterocycles. The van der Waals surface area contributed by atoms with Crippen molar-refractivity contribution in [2.75, 3.05) is 6.26 Å². The van der Waals surface area contributed by atoms with Crippen molar-refractivity contribution in [1.29, 1.82) is 0 Å². The van der Waals surface area contributed by atoms with Gasteiger partial charge in [-0.25, -0.2) is 4.21 Å². The molecule has 0 spiro atoms. The molecule has 0 aliphatic carbocycles. The van der Waals surface area contributed by atoms with Crippen LogP contribution in [0.1, 0.15) is 11.1 Å². The lowest BCUT2D eigenvalue weighted by Crippen LogP contribution is -2.05. The van der Waals surface area contributed by atoms with Crippen molar-refractivity contribution >= 4 is 15.2 Å². The molecule has 0 amide bonds. The third kappa shape index (κ3) is 3.93. The van der Waals surface area contributed by atoms with Crippen LogP contribution >= 0.6 is 0 Å². The lowest BCUT2D eigenvalue weighted by Gasteiger charge is -2.06. The van der Waals surface area contributed by atoms with Crippen LogP contribution in [-0.2, 0) is 16.0 Å². The van der Waals surface area contributed by atoms with Crippen molar-refractivity contribution in [2.45, 2.75) is 6.18 Å². The summed E-state index contributed by atoms with van der Waals surface area (Å²) < 4.78 is 56.3. The highest BCUT2D eigenvalue weighted by atomic mass is 32.2. The summed E-state index contributed by atoms with van der Waals surface area (Å²) >= 11 is 0. The van der Waals surface area contributed by atoms with E-state index in [2.05, 4.69) is 0 Å². The Balaban J connectivity index is 3.07. The number of alkyl halides is 3. The fourth-order valence-electron chi connectivity index (χ4n) is 1.00. The minimum Gasteiger partial charge on any atom is -0.314 e. The van der Waals surface area contributed by atoms with E-state index in [4.69, 9.17) is 4.55 Å². The minimum absolute atomic E-state index is 0.290. The van der Waals surface area contributed by atoms with Gasteiger partial charge < -0.3 is 4.55 Å². The van der Waals surface area contributed by atoms with Crippen LogP contribution in [-0.4, -0.2) is 20.4 Å². The first-order chi connectivity index (χ1) is 6.68. The highest BCUT2D eigenvalue weighted by molar-refractivity contribution is 7.95. The van der Waals surface area contributed by atoms with Gasteiger partial charge in [-0.1, -0.05) is 12.1 Å². The zero-order valence-corrected chi connectivity index (χ0v) is 8.60. The molecular weight excluding hydrogens is 229 g/mol. The van der Waals surface area contributed by atoms with Gasteiger partial charge in [0.1, 0.15) is 0 Å². The van der Waals surface area contributed by atoms with Gasteiger partial charge in [0.15, 0.2) is 0 Å². The summed E-state index contributed by atoms with van der Waals surface area (Å²) in [5.74, 6) is 0. The molecule has 6 heteroatoms. The predicted molar refractivity (Wildman–Crippen MR) is 53.3 cm³/mol. The minimum atomic E-state index is -4.38. The molecule has 0 aliphatic heterocycles. The van der Waals surface area contributed by atoms with Crippen LogP contribution in [0.5, 0.6) is 0 Å². The zero-order chi connectivity index (χ0) is 11.7. The smallest absolute Gasteiger partial charge is 0.314 e. The summed E-state index contributed by atoms with van der Waals surface area (Å²) in [5.41, 5.74) is -0.488. The Morgan fingerprint density at radius 2 is 1.73 bits per heavy atom. The molecule has 1 rings (SSSR count). The molecule has 0 aliphatic rings. The van der Waals surface area contributed by atoms with E-state index in [-0.39, 0.29) is 5.56 Å². The third-order valence-electron chi connectivity index (χ3n) is 1.59. The molecular formula is C9H9F3O2S. The molecule has 1 unspecified atom stereocenters. The van der Waals surface area contributed by atoms with E-state index < -0.39 is 21.5 Å². The van der Waals surface area contributed by atoms with Gasteiger partial charge in [0.2, 0.25) is 0 Å². The van der Waals surface area contributed by atoms with E-state index in [9.17, 15) is 17.4 Å². The molecule has 1 aromatic carbocycles. The van der Waals surface area contributed by atoms with Gasteiger partial charge >= 0.3 is 6.18 Å². The van der Waals surface area contributed by atoms with E-state index >= 15 is 0 Å². The standard InChI is InChI=1S/C9H9F3O2S/c1-15(13,14)6-7-2-4-8(5-3-7)9(10,11)12/h2-6H,1H3,(H,13,14). The third-order valence-corrected chi connectivity index (χ3v) is 2.30. The van der Waals surface area contributed by atoms with Crippen molar-refractivity contribution in [3.8, 4) is 0 Å². The van der Waals surface area contributed by atoms with Crippen molar-refractivity contribution in [3.05, 3.63) is 35.4 Å². The highest BCUT2D eigenvalue weighted by Crippen LogP contribution is 2.28. The topological polar surface area (TPSA) is 37.3 Å². The average molecular weight is 238 g/mol. The summed E-state index contributed by atoms with van der Waals surface area (Å²) in [7, 11) is -3.08. The number of hydrogen-bond acceptors (Lipinski definition) is 1. The molecule has 0 radical (unpaired) electrons. The van der Waals surface area contributed by atoms with Crippen LogP contribution in [0.3, 0.4) is 0 Å². The van der Waals surface area contributed by atoms with Gasteiger partial charge in [-0.2, -0.15) is 13.2 Å². The maximum absolute atomic E-state index is 12.1. The van der Waals surface area contributed by atoms with E-state index in [1.54, 1.807) is 0 Å². The molecule has 1 N–H and O–H groups in total. The lowest BCUT2D eigenvalue weighted by atomic mass is 10.1. The molecule has 84 valence electrons. The number of rotatable bonds is 1. The Morgan fingerprint density at radius 3 is 2.07 bits per heavy atom. The molecule has 2 nitrogen and oxygen atoms in total. The second-order valence-electron chi connectivity index (χ2n) is 3.10. The molecule has 0 saturated carbocycles. The summed E-state index contributed by atoms with van der Waals surface area (Å²) in [6.07, 6.45) is -3.30. The Hall–Kier alpha value is -1.01. The van der Waals surface area contributed by atoms with Crippen LogP contribution in [0, 0.1) is 0 Å². The molecule has 0 bridgehead atoms. The Kier molecular flexibility index (Phi) is 3.11. The quantitative estimate of drug-likeness (QED) is 0.762. The molecule has 0 fully saturated rings. The van der Waals surface area contributed by atoms with Crippen LogP contribution in [0.15, 0.2) is 24.3 Å². The van der Waals surface area contributed by atoms with Gasteiger partial charge in [0, 0.05) is 11.6 Å². The molecule has 1 aromatic rings. The Labute approximate surface area is 85.6 Å². The first-order valence-electron chi connectivity index (χ1n) is 3.92. The normalized spacial score (nSPS) is 15.8. The molecule has 1 atom stereocenters. The SMILES string of the molecule is CS(=O)(O)=Cc1ccc(C(F)(F)F)cc1. The largest absolute Gasteiger partial charge is 0.416 e. The summed E-state index contributed by atoms with van der Waals surface area (Å²) in [5, 5.41) is 1.02. The average Bonchev–Trinajstić information content (AvgIpc) is 2.00. The Bertz CT molecular complexity index is 445. The monoisotopic (exact) mass is 238 g/mol. The summed E-state index contributed by atoms with van der Waals surface area (Å²) in [4.78, 5) is 0. The van der Waals surface area contributed by atoms with Gasteiger partial charge in [-0.3, -0.25) is 0 Å². The summed E-state index contributed by atoms with van der Waals surface area (Å²) in [6.45, 7) is 0. The van der Waals surface area contributed by atoms with Gasteiger partial charge in [0.25, 0.3) is 0 Å². The van der Waals surface area contributed by atoms with Crippen LogP contribution in [0.4, 0.5) is 13.2 Å². The maximum atomic E-state index is 12.1. The van der Waals surface area contributed by atoms with Gasteiger partial charge in [-0.05, 0) is 17.7 Å². The van der Waals surface area contributed by atoms with Crippen LogP contribution in [0.2, 0.25) is 0 Å². The second kappa shape index (κ2) is 3.86. The number of hydrogen-bond donors (Lipinski definition) is 1. The lowest BCUT2D eigenvalue weighted by molar-refractivity contribution is -0.137. The highest BCUT2D eigenvalue weighted by Gasteiger charge is 2.29. The zero-order valence-electron chi connectivity index (χ0n) is 7.78. The number of benzene rings is 1. The second-order valence-corrected chi connectivity index (χ2v) is 5.06. The fraction of sp³-hybridized carbons (Fsp3) is 0.222. The maximum Gasteiger partial charge on any atom is 0.416 e. The van der Waals surface area contributed by atoms with Gasteiger partial charge in [-0.15, -0.1) is 0 Å². The van der Waals surface area contributed by atoms with Crippen molar-refractivity contribution in [2.24, 2.45) is 0 Å².